The first kappa shape index (κ1) is 20.5. The van der Waals surface area contributed by atoms with E-state index in [-0.39, 0.29) is 31.7 Å². The van der Waals surface area contributed by atoms with Crippen LogP contribution in [0, 0.1) is 5.41 Å². The van der Waals surface area contributed by atoms with Crippen molar-refractivity contribution in [1.29, 1.82) is 0 Å². The Labute approximate surface area is 172 Å². The highest BCUT2D eigenvalue weighted by atomic mass is 79.9. The number of halogens is 1. The maximum atomic E-state index is 13.1. The van der Waals surface area contributed by atoms with Crippen LogP contribution in [0.5, 0.6) is 0 Å². The largest absolute Gasteiger partial charge is 0.443 e. The van der Waals surface area contributed by atoms with Crippen LogP contribution in [0.4, 0.5) is 10.5 Å². The van der Waals surface area contributed by atoms with Crippen molar-refractivity contribution < 1.29 is 23.9 Å². The quantitative estimate of drug-likeness (QED) is 0.509. The first-order valence-corrected chi connectivity index (χ1v) is 10.2. The first-order chi connectivity index (χ1) is 13.1. The molecule has 7 nitrogen and oxygen atoms in total. The first-order valence-electron chi connectivity index (χ1n) is 9.12. The van der Waals surface area contributed by atoms with E-state index >= 15 is 0 Å². The Morgan fingerprint density at radius 2 is 1.79 bits per heavy atom. The minimum absolute atomic E-state index is 0.0224. The summed E-state index contributed by atoms with van der Waals surface area (Å²) in [6.45, 7) is 5.13. The molecule has 0 N–H and O–H groups in total. The summed E-state index contributed by atoms with van der Waals surface area (Å²) in [5.41, 5.74) is -0.159. The van der Waals surface area contributed by atoms with Gasteiger partial charge in [-0.2, -0.15) is 4.90 Å². The number of nitrogens with zero attached hydrogens (tertiary/aromatic N) is 2. The lowest BCUT2D eigenvalue weighted by Crippen LogP contribution is -2.55. The van der Waals surface area contributed by atoms with Crippen LogP contribution >= 0.6 is 15.9 Å². The van der Waals surface area contributed by atoms with E-state index in [1.54, 1.807) is 25.7 Å². The summed E-state index contributed by atoms with van der Waals surface area (Å²) in [6, 6.07) is 7.47. The number of likely N-dealkylation sites (tertiary alicyclic amines) is 1. The SMILES string of the molecule is CC(C)(C)OC(=O)N1C(=O)CCC2(CC(=O)N(c3ccc(CBr)cc3)C2)C1=O. The molecule has 8 heteroatoms. The van der Waals surface area contributed by atoms with Gasteiger partial charge in [0.1, 0.15) is 5.60 Å². The second-order valence-electron chi connectivity index (χ2n) is 8.25. The third kappa shape index (κ3) is 3.83. The molecule has 2 fully saturated rings. The van der Waals surface area contributed by atoms with E-state index in [0.717, 1.165) is 5.56 Å². The smallest absolute Gasteiger partial charge is 0.424 e. The average molecular weight is 451 g/mol. The molecule has 3 rings (SSSR count). The average Bonchev–Trinajstić information content (AvgIpc) is 2.95. The van der Waals surface area contributed by atoms with Crippen LogP contribution in [0.15, 0.2) is 24.3 Å². The van der Waals surface area contributed by atoms with Gasteiger partial charge in [0.15, 0.2) is 0 Å². The van der Waals surface area contributed by atoms with Crippen molar-refractivity contribution in [3.05, 3.63) is 29.8 Å². The molecule has 2 aliphatic heterocycles. The number of alkyl halides is 1. The fourth-order valence-corrected chi connectivity index (χ4v) is 3.92. The van der Waals surface area contributed by atoms with E-state index in [2.05, 4.69) is 15.9 Å². The van der Waals surface area contributed by atoms with Crippen LogP contribution < -0.4 is 4.90 Å². The van der Waals surface area contributed by atoms with Crippen LogP contribution in [0.1, 0.15) is 45.6 Å². The van der Waals surface area contributed by atoms with Crippen molar-refractivity contribution >= 4 is 45.4 Å². The van der Waals surface area contributed by atoms with Gasteiger partial charge >= 0.3 is 6.09 Å². The van der Waals surface area contributed by atoms with Gasteiger partial charge in [-0.1, -0.05) is 28.1 Å². The molecule has 1 aromatic rings. The molecular weight excluding hydrogens is 428 g/mol. The van der Waals surface area contributed by atoms with Crippen LogP contribution in [0.25, 0.3) is 0 Å². The Morgan fingerprint density at radius 1 is 1.14 bits per heavy atom. The highest BCUT2D eigenvalue weighted by Gasteiger charge is 2.56. The van der Waals surface area contributed by atoms with E-state index in [4.69, 9.17) is 4.74 Å². The van der Waals surface area contributed by atoms with Gasteiger partial charge in [-0.25, -0.2) is 4.79 Å². The summed E-state index contributed by atoms with van der Waals surface area (Å²) in [6.07, 6.45) is -0.743. The van der Waals surface area contributed by atoms with Gasteiger partial charge in [0.25, 0.3) is 0 Å². The number of anilines is 1. The van der Waals surface area contributed by atoms with Gasteiger partial charge in [0.2, 0.25) is 17.7 Å². The molecule has 0 aromatic heterocycles. The third-order valence-corrected chi connectivity index (χ3v) is 5.60. The van der Waals surface area contributed by atoms with E-state index in [0.29, 0.717) is 15.9 Å². The van der Waals surface area contributed by atoms with Gasteiger partial charge in [-0.3, -0.25) is 14.4 Å². The summed E-state index contributed by atoms with van der Waals surface area (Å²) in [5.74, 6) is -1.43. The molecule has 1 atom stereocenters. The second kappa shape index (κ2) is 7.31. The van der Waals surface area contributed by atoms with Gasteiger partial charge in [0, 0.05) is 30.4 Å². The summed E-state index contributed by atoms with van der Waals surface area (Å²) in [4.78, 5) is 52.7. The Bertz CT molecular complexity index is 830. The predicted molar refractivity (Wildman–Crippen MR) is 106 cm³/mol. The number of carbonyl (C=O) groups excluding carboxylic acids is 4. The Kier molecular flexibility index (Phi) is 5.36. The highest BCUT2D eigenvalue weighted by molar-refractivity contribution is 9.08. The summed E-state index contributed by atoms with van der Waals surface area (Å²) in [5, 5.41) is 0.705. The van der Waals surface area contributed by atoms with E-state index < -0.39 is 28.9 Å². The zero-order valence-corrected chi connectivity index (χ0v) is 17.7. The molecule has 0 radical (unpaired) electrons. The topological polar surface area (TPSA) is 84.0 Å². The van der Waals surface area contributed by atoms with Crippen molar-refractivity contribution in [2.75, 3.05) is 11.4 Å². The monoisotopic (exact) mass is 450 g/mol. The van der Waals surface area contributed by atoms with E-state index in [9.17, 15) is 19.2 Å². The standard InChI is InChI=1S/C20H23BrN2O5/c1-19(2,3)28-18(27)23-15(24)8-9-20(17(23)26)10-16(25)22(12-20)14-6-4-13(11-21)5-7-14/h4-7H,8-12H2,1-3H3. The zero-order valence-electron chi connectivity index (χ0n) is 16.2. The van der Waals surface area contributed by atoms with Crippen LogP contribution in [0.3, 0.4) is 0 Å². The maximum absolute atomic E-state index is 13.1. The van der Waals surface area contributed by atoms with Gasteiger partial charge in [-0.15, -0.1) is 0 Å². The van der Waals surface area contributed by atoms with Crippen molar-refractivity contribution in [3.8, 4) is 0 Å². The molecule has 0 saturated carbocycles. The normalized spacial score (nSPS) is 22.9. The second-order valence-corrected chi connectivity index (χ2v) is 8.81. The van der Waals surface area contributed by atoms with Gasteiger partial charge in [0.05, 0.1) is 5.41 Å². The lowest BCUT2D eigenvalue weighted by atomic mass is 9.78. The fraction of sp³-hybridized carbons (Fsp3) is 0.500. The highest BCUT2D eigenvalue weighted by Crippen LogP contribution is 2.43. The number of benzene rings is 1. The molecular formula is C20H23BrN2O5. The summed E-state index contributed by atoms with van der Waals surface area (Å²) in [7, 11) is 0. The Morgan fingerprint density at radius 3 is 2.36 bits per heavy atom. The molecule has 0 bridgehead atoms. The number of ether oxygens (including phenoxy) is 1. The number of hydrogen-bond acceptors (Lipinski definition) is 5. The number of rotatable bonds is 2. The molecule has 2 saturated heterocycles. The molecule has 28 heavy (non-hydrogen) atoms. The van der Waals surface area contributed by atoms with Crippen LogP contribution in [-0.4, -0.2) is 40.9 Å². The molecule has 2 aliphatic rings. The number of imide groups is 3. The predicted octanol–water partition coefficient (Wildman–Crippen LogP) is 3.39. The third-order valence-electron chi connectivity index (χ3n) is 4.95. The van der Waals surface area contributed by atoms with Crippen molar-refractivity contribution in [2.45, 2.75) is 51.0 Å². The number of hydrogen-bond donors (Lipinski definition) is 0. The summed E-state index contributed by atoms with van der Waals surface area (Å²) < 4.78 is 5.23. The van der Waals surface area contributed by atoms with Crippen molar-refractivity contribution in [1.82, 2.24) is 4.90 Å². The van der Waals surface area contributed by atoms with Crippen LogP contribution in [-0.2, 0) is 24.5 Å². The van der Waals surface area contributed by atoms with Gasteiger partial charge < -0.3 is 9.64 Å². The lowest BCUT2D eigenvalue weighted by molar-refractivity contribution is -0.155. The van der Waals surface area contributed by atoms with E-state index in [1.807, 2.05) is 24.3 Å². The molecule has 1 unspecified atom stereocenters. The number of piperidine rings is 1. The Balaban J connectivity index is 1.85. The molecule has 150 valence electrons. The van der Waals surface area contributed by atoms with E-state index in [1.165, 1.54) is 0 Å². The minimum atomic E-state index is -1.09. The summed E-state index contributed by atoms with van der Waals surface area (Å²) >= 11 is 3.38. The minimum Gasteiger partial charge on any atom is -0.443 e. The fourth-order valence-electron chi connectivity index (χ4n) is 3.55. The zero-order chi connectivity index (χ0) is 20.7. The molecule has 0 aliphatic carbocycles. The van der Waals surface area contributed by atoms with Gasteiger partial charge in [-0.05, 0) is 44.9 Å². The van der Waals surface area contributed by atoms with Crippen molar-refractivity contribution in [3.63, 3.8) is 0 Å². The molecule has 1 aromatic carbocycles. The number of amides is 4. The maximum Gasteiger partial charge on any atom is 0.424 e. The van der Waals surface area contributed by atoms with Crippen molar-refractivity contribution in [2.24, 2.45) is 5.41 Å². The molecule has 1 spiro atoms. The Hall–Kier alpha value is -2.22. The molecule has 4 amide bonds. The van der Waals surface area contributed by atoms with Crippen LogP contribution in [0.2, 0.25) is 0 Å². The number of carbonyl (C=O) groups is 4. The lowest BCUT2D eigenvalue weighted by Gasteiger charge is -2.36. The molecule has 2 heterocycles.